The summed E-state index contributed by atoms with van der Waals surface area (Å²) in [5.41, 5.74) is 0. The number of hydrogen-bond donors (Lipinski definition) is 0. The van der Waals surface area contributed by atoms with Crippen LogP contribution in [0.3, 0.4) is 0 Å². The normalized spacial score (nSPS) is 24.0. The molecule has 0 bridgehead atoms. The molecule has 0 amide bonds. The predicted octanol–water partition coefficient (Wildman–Crippen LogP) is 0.787. The Kier molecular flexibility index (Phi) is 3.58. The number of ether oxygens (including phenoxy) is 1. The first-order valence-electron chi connectivity index (χ1n) is 2.32. The van der Waals surface area contributed by atoms with E-state index in [2.05, 4.69) is 8.99 Å². The van der Waals surface area contributed by atoms with Gasteiger partial charge in [0.05, 0.1) is 0 Å². The van der Waals surface area contributed by atoms with Gasteiger partial charge >= 0.3 is 56.7 Å². The number of rotatable bonds is 0. The second-order valence-corrected chi connectivity index (χ2v) is 7.34. The van der Waals surface area contributed by atoms with Gasteiger partial charge in [-0.3, -0.25) is 0 Å². The molecule has 1 saturated heterocycles. The Morgan fingerprint density at radius 2 is 2.43 bits per heavy atom. The molecule has 0 atom stereocenters. The molecule has 0 saturated carbocycles. The Bertz CT molecular complexity index is 31.3. The third kappa shape index (κ3) is 2.81. The Labute approximate surface area is 56.7 Å². The summed E-state index contributed by atoms with van der Waals surface area (Å²) in [7, 11) is 2.12. The van der Waals surface area contributed by atoms with Gasteiger partial charge in [-0.25, -0.2) is 0 Å². The van der Waals surface area contributed by atoms with Crippen LogP contribution in [0.4, 0.5) is 0 Å². The van der Waals surface area contributed by atoms with E-state index in [1.54, 1.807) is 0 Å². The van der Waals surface area contributed by atoms with Crippen LogP contribution >= 0.6 is 8.99 Å². The second-order valence-electron chi connectivity index (χ2n) is 1.26. The van der Waals surface area contributed by atoms with E-state index >= 15 is 0 Å². The average molecular weight is 232 g/mol. The molecule has 0 aromatic rings. The van der Waals surface area contributed by atoms with E-state index < -0.39 is 0 Å². The standard InChI is InChI=1S/C4H8OSTe/c1-3-6-7-4-2-5-1/h1-4H2. The maximum atomic E-state index is 5.21. The van der Waals surface area contributed by atoms with Crippen LogP contribution in [0.15, 0.2) is 0 Å². The zero-order chi connectivity index (χ0) is 4.95. The van der Waals surface area contributed by atoms with E-state index in [1.165, 1.54) is 10.2 Å². The molecule has 0 radical (unpaired) electrons. The van der Waals surface area contributed by atoms with Crippen molar-refractivity contribution in [1.82, 2.24) is 0 Å². The van der Waals surface area contributed by atoms with Gasteiger partial charge in [-0.15, -0.1) is 0 Å². The molecule has 0 aliphatic carbocycles. The molecule has 0 aromatic heterocycles. The van der Waals surface area contributed by atoms with Gasteiger partial charge in [0.25, 0.3) is 0 Å². The number of hydrogen-bond acceptors (Lipinski definition) is 2. The van der Waals surface area contributed by atoms with Gasteiger partial charge in [-0.1, -0.05) is 0 Å². The molecule has 0 spiro atoms. The fourth-order valence-electron chi connectivity index (χ4n) is 0.406. The fourth-order valence-corrected chi connectivity index (χ4v) is 4.42. The van der Waals surface area contributed by atoms with Gasteiger partial charge in [-0.05, 0) is 0 Å². The molecule has 1 aliphatic rings. The summed E-state index contributed by atoms with van der Waals surface area (Å²) in [4.78, 5) is 0. The minimum absolute atomic E-state index is 0.331. The van der Waals surface area contributed by atoms with Crippen LogP contribution in [0.2, 0.25) is 4.47 Å². The molecule has 1 rings (SSSR count). The first kappa shape index (κ1) is 6.22. The van der Waals surface area contributed by atoms with Crippen molar-refractivity contribution in [2.75, 3.05) is 19.0 Å². The summed E-state index contributed by atoms with van der Waals surface area (Å²) in [5, 5.41) is 0. The zero-order valence-corrected chi connectivity index (χ0v) is 7.20. The van der Waals surface area contributed by atoms with Crippen LogP contribution in [-0.4, -0.2) is 38.5 Å². The molecular formula is C4H8OSTe. The van der Waals surface area contributed by atoms with Gasteiger partial charge in [0, 0.05) is 0 Å². The molecule has 1 fully saturated rings. The summed E-state index contributed by atoms with van der Waals surface area (Å²) in [6, 6.07) is 0. The molecule has 7 heavy (non-hydrogen) atoms. The first-order chi connectivity index (χ1) is 3.50. The van der Waals surface area contributed by atoms with Crippen LogP contribution in [0, 0.1) is 0 Å². The molecular weight excluding hydrogens is 224 g/mol. The molecule has 1 aliphatic heterocycles. The van der Waals surface area contributed by atoms with Gasteiger partial charge in [0.15, 0.2) is 0 Å². The van der Waals surface area contributed by atoms with Crippen LogP contribution in [0.1, 0.15) is 0 Å². The van der Waals surface area contributed by atoms with Gasteiger partial charge in [0.2, 0.25) is 0 Å². The van der Waals surface area contributed by atoms with Crippen LogP contribution in [0.25, 0.3) is 0 Å². The van der Waals surface area contributed by atoms with Crippen molar-refractivity contribution in [1.29, 1.82) is 0 Å². The van der Waals surface area contributed by atoms with E-state index in [9.17, 15) is 0 Å². The van der Waals surface area contributed by atoms with Crippen molar-refractivity contribution in [3.05, 3.63) is 0 Å². The topological polar surface area (TPSA) is 9.23 Å². The average Bonchev–Trinajstić information content (AvgIpc) is 1.90. The molecule has 3 heteroatoms. The summed E-state index contributed by atoms with van der Waals surface area (Å²) in [6.45, 7) is 2.03. The van der Waals surface area contributed by atoms with Crippen molar-refractivity contribution < 1.29 is 4.74 Å². The molecule has 0 unspecified atom stereocenters. The SMILES string of the molecule is C1CS[Te]CCO1. The fraction of sp³-hybridized carbons (Fsp3) is 1.00. The van der Waals surface area contributed by atoms with Crippen LogP contribution in [-0.2, 0) is 4.74 Å². The Morgan fingerprint density at radius 1 is 1.43 bits per heavy atom. The Hall–Kier alpha value is 1.10. The molecule has 1 heterocycles. The minimum atomic E-state index is 0.331. The molecule has 0 N–H and O–H groups in total. The quantitative estimate of drug-likeness (QED) is 0.570. The van der Waals surface area contributed by atoms with E-state index in [-0.39, 0.29) is 0 Å². The Balaban J connectivity index is 2.04. The third-order valence-electron chi connectivity index (χ3n) is 0.705. The molecule has 1 nitrogen and oxygen atoms in total. The van der Waals surface area contributed by atoms with E-state index in [0.29, 0.717) is 19.5 Å². The van der Waals surface area contributed by atoms with Crippen molar-refractivity contribution in [2.45, 2.75) is 4.47 Å². The van der Waals surface area contributed by atoms with E-state index in [0.717, 1.165) is 13.2 Å². The second kappa shape index (κ2) is 4.03. The van der Waals surface area contributed by atoms with E-state index in [1.807, 2.05) is 0 Å². The predicted molar refractivity (Wildman–Crippen MR) is 33.8 cm³/mol. The van der Waals surface area contributed by atoms with Crippen molar-refractivity contribution >= 4 is 28.5 Å². The summed E-state index contributed by atoms with van der Waals surface area (Å²) in [6.07, 6.45) is 0. The monoisotopic (exact) mass is 234 g/mol. The van der Waals surface area contributed by atoms with Gasteiger partial charge in [-0.2, -0.15) is 0 Å². The van der Waals surface area contributed by atoms with Gasteiger partial charge < -0.3 is 0 Å². The van der Waals surface area contributed by atoms with Crippen molar-refractivity contribution in [3.63, 3.8) is 0 Å². The van der Waals surface area contributed by atoms with Crippen molar-refractivity contribution in [3.8, 4) is 0 Å². The summed E-state index contributed by atoms with van der Waals surface area (Å²) >= 11 is 0.331. The summed E-state index contributed by atoms with van der Waals surface area (Å²) < 4.78 is 6.58. The van der Waals surface area contributed by atoms with E-state index in [4.69, 9.17) is 4.74 Å². The third-order valence-corrected chi connectivity index (χ3v) is 6.13. The zero-order valence-electron chi connectivity index (χ0n) is 4.05. The van der Waals surface area contributed by atoms with Crippen molar-refractivity contribution in [2.24, 2.45) is 0 Å². The van der Waals surface area contributed by atoms with Crippen LogP contribution in [0.5, 0.6) is 0 Å². The Morgan fingerprint density at radius 3 is 3.43 bits per heavy atom. The summed E-state index contributed by atoms with van der Waals surface area (Å²) in [5.74, 6) is 1.25. The molecule has 0 aromatic carbocycles. The molecule has 42 valence electrons. The van der Waals surface area contributed by atoms with Crippen LogP contribution < -0.4 is 0 Å². The first-order valence-corrected chi connectivity index (χ1v) is 7.73. The maximum absolute atomic E-state index is 5.21. The van der Waals surface area contributed by atoms with Gasteiger partial charge in [0.1, 0.15) is 0 Å².